The van der Waals surface area contributed by atoms with Crippen molar-refractivity contribution in [1.82, 2.24) is 10.2 Å². The molecule has 3 rings (SSSR count). The molecule has 0 radical (unpaired) electrons. The van der Waals surface area contributed by atoms with E-state index in [4.69, 9.17) is 11.6 Å². The van der Waals surface area contributed by atoms with E-state index in [0.29, 0.717) is 25.9 Å². The minimum Gasteiger partial charge on any atom is -0.389 e. The number of carbonyl (C=O) groups excluding carboxylic acids is 1. The molecule has 5 heteroatoms. The van der Waals surface area contributed by atoms with Crippen LogP contribution in [0.1, 0.15) is 31.2 Å². The monoisotopic (exact) mass is 334 g/mol. The van der Waals surface area contributed by atoms with E-state index in [2.05, 4.69) is 11.4 Å². The lowest BCUT2D eigenvalue weighted by Crippen LogP contribution is -2.46. The number of nitrogens with zero attached hydrogens (tertiary/aromatic N) is 1. The molecule has 2 aliphatic heterocycles. The van der Waals surface area contributed by atoms with Gasteiger partial charge in [0.25, 0.3) is 0 Å². The third-order valence-corrected chi connectivity index (χ3v) is 5.04. The fourth-order valence-corrected chi connectivity index (χ4v) is 3.41. The van der Waals surface area contributed by atoms with Crippen molar-refractivity contribution in [2.24, 2.45) is 0 Å². The number of halogens is 1. The Morgan fingerprint density at radius 3 is 2.57 bits per heavy atom. The largest absolute Gasteiger partial charge is 0.389 e. The molecule has 0 aromatic heterocycles. The predicted octanol–water partition coefficient (Wildman–Crippen LogP) is 2.46. The average molecular weight is 335 g/mol. The van der Waals surface area contributed by atoms with Gasteiger partial charge in [-0.1, -0.05) is 29.8 Å². The smallest absolute Gasteiger partial charge is 0.225 e. The van der Waals surface area contributed by atoms with Gasteiger partial charge >= 0.3 is 0 Å². The summed E-state index contributed by atoms with van der Waals surface area (Å²) < 4.78 is 0. The van der Waals surface area contributed by atoms with Crippen LogP contribution in [0, 0.1) is 0 Å². The lowest BCUT2D eigenvalue weighted by atomic mass is 9.88. The van der Waals surface area contributed by atoms with Crippen LogP contribution in [0.15, 0.2) is 30.3 Å². The zero-order valence-electron chi connectivity index (χ0n) is 13.2. The minimum atomic E-state index is -0.831. The van der Waals surface area contributed by atoms with Gasteiger partial charge in [0.05, 0.1) is 12.0 Å². The number of piperidine rings is 1. The summed E-state index contributed by atoms with van der Waals surface area (Å²) in [6.07, 6.45) is 4.49. The van der Waals surface area contributed by atoms with E-state index in [1.807, 2.05) is 29.2 Å². The van der Waals surface area contributed by atoms with Crippen LogP contribution in [-0.2, 0) is 4.79 Å². The summed E-state index contributed by atoms with van der Waals surface area (Å²) in [6.45, 7) is 2.89. The summed E-state index contributed by atoms with van der Waals surface area (Å²) in [5.41, 5.74) is 1.59. The minimum absolute atomic E-state index is 0.0563. The fourth-order valence-electron chi connectivity index (χ4n) is 3.28. The molecule has 0 unspecified atom stereocenters. The van der Waals surface area contributed by atoms with E-state index in [9.17, 15) is 9.90 Å². The van der Waals surface area contributed by atoms with Crippen molar-refractivity contribution in [3.05, 3.63) is 40.9 Å². The molecule has 0 aliphatic carbocycles. The first kappa shape index (κ1) is 16.5. The van der Waals surface area contributed by atoms with Gasteiger partial charge in [0, 0.05) is 18.1 Å². The normalized spacial score (nSPS) is 21.0. The Morgan fingerprint density at radius 2 is 1.96 bits per heavy atom. The van der Waals surface area contributed by atoms with E-state index >= 15 is 0 Å². The van der Waals surface area contributed by atoms with Gasteiger partial charge in [-0.15, -0.1) is 0 Å². The van der Waals surface area contributed by atoms with E-state index in [1.54, 1.807) is 0 Å². The molecule has 2 N–H and O–H groups in total. The Morgan fingerprint density at radius 1 is 1.26 bits per heavy atom. The lowest BCUT2D eigenvalue weighted by Gasteiger charge is -2.35. The van der Waals surface area contributed by atoms with Gasteiger partial charge in [0.2, 0.25) is 5.91 Å². The van der Waals surface area contributed by atoms with Gasteiger partial charge in [0.1, 0.15) is 0 Å². The molecule has 1 aromatic rings. The molecule has 0 atom stereocenters. The zero-order valence-corrected chi connectivity index (χ0v) is 14.0. The second-order valence-corrected chi connectivity index (χ2v) is 6.91. The molecule has 2 heterocycles. The van der Waals surface area contributed by atoms with E-state index in [0.717, 1.165) is 24.5 Å². The van der Waals surface area contributed by atoms with Crippen LogP contribution < -0.4 is 5.32 Å². The molecule has 0 bridgehead atoms. The summed E-state index contributed by atoms with van der Waals surface area (Å²) in [5.74, 6) is 0.0563. The molecule has 0 spiro atoms. The highest BCUT2D eigenvalue weighted by Gasteiger charge is 2.33. The molecule has 1 fully saturated rings. The van der Waals surface area contributed by atoms with Crippen molar-refractivity contribution in [2.75, 3.05) is 26.2 Å². The summed E-state index contributed by atoms with van der Waals surface area (Å²) in [5, 5.41) is 14.5. The highest BCUT2D eigenvalue weighted by Crippen LogP contribution is 2.26. The van der Waals surface area contributed by atoms with Gasteiger partial charge in [-0.25, -0.2) is 0 Å². The molecule has 4 nitrogen and oxygen atoms in total. The average Bonchev–Trinajstić information content (AvgIpc) is 2.56. The van der Waals surface area contributed by atoms with E-state index in [-0.39, 0.29) is 12.3 Å². The quantitative estimate of drug-likeness (QED) is 0.892. The van der Waals surface area contributed by atoms with Crippen LogP contribution in [0.5, 0.6) is 0 Å². The Bertz CT molecular complexity index is 592. The number of nitrogens with one attached hydrogen (secondary N) is 1. The van der Waals surface area contributed by atoms with Crippen LogP contribution in [0.3, 0.4) is 0 Å². The van der Waals surface area contributed by atoms with Crippen LogP contribution in [-0.4, -0.2) is 47.7 Å². The number of hydrogen-bond donors (Lipinski definition) is 2. The second kappa shape index (κ2) is 7.04. The van der Waals surface area contributed by atoms with Crippen molar-refractivity contribution in [1.29, 1.82) is 0 Å². The molecule has 1 saturated heterocycles. The third-order valence-electron chi connectivity index (χ3n) is 4.79. The molecular formula is C18H23ClN2O2. The SMILES string of the molecule is O=C(CC1(O)CCNCC1)N1CC=C(c2ccc(Cl)cc2)CC1. The number of benzene rings is 1. The topological polar surface area (TPSA) is 52.6 Å². The van der Waals surface area contributed by atoms with Crippen LogP contribution in [0.25, 0.3) is 5.57 Å². The van der Waals surface area contributed by atoms with Crippen molar-refractivity contribution < 1.29 is 9.90 Å². The maximum absolute atomic E-state index is 12.5. The number of carbonyl (C=O) groups is 1. The van der Waals surface area contributed by atoms with Gasteiger partial charge in [-0.05, 0) is 55.6 Å². The van der Waals surface area contributed by atoms with Gasteiger partial charge < -0.3 is 15.3 Å². The van der Waals surface area contributed by atoms with Crippen molar-refractivity contribution >= 4 is 23.1 Å². The first-order valence-corrected chi connectivity index (χ1v) is 8.59. The highest BCUT2D eigenvalue weighted by molar-refractivity contribution is 6.30. The molecule has 1 aromatic carbocycles. The second-order valence-electron chi connectivity index (χ2n) is 6.48. The number of hydrogen-bond acceptors (Lipinski definition) is 3. The molecule has 23 heavy (non-hydrogen) atoms. The fraction of sp³-hybridized carbons (Fsp3) is 0.500. The summed E-state index contributed by atoms with van der Waals surface area (Å²) in [6, 6.07) is 7.82. The third kappa shape index (κ3) is 4.14. The number of aliphatic hydroxyl groups is 1. The molecule has 0 saturated carbocycles. The first-order valence-electron chi connectivity index (χ1n) is 8.22. The Balaban J connectivity index is 1.59. The van der Waals surface area contributed by atoms with Crippen LogP contribution >= 0.6 is 11.6 Å². The number of rotatable bonds is 3. The zero-order chi connectivity index (χ0) is 16.3. The summed E-state index contributed by atoms with van der Waals surface area (Å²) in [7, 11) is 0. The highest BCUT2D eigenvalue weighted by atomic mass is 35.5. The van der Waals surface area contributed by atoms with Crippen molar-refractivity contribution in [3.8, 4) is 0 Å². The Hall–Kier alpha value is -1.36. The molecule has 1 amide bonds. The lowest BCUT2D eigenvalue weighted by molar-refractivity contribution is -0.137. The predicted molar refractivity (Wildman–Crippen MR) is 92.3 cm³/mol. The Labute approximate surface area is 142 Å². The maximum Gasteiger partial charge on any atom is 0.225 e. The molecule has 2 aliphatic rings. The standard InChI is InChI=1S/C18H23ClN2O2/c19-16-3-1-14(2-4-16)15-5-11-21(12-6-15)17(22)13-18(23)7-9-20-10-8-18/h1-5,20,23H,6-13H2. The van der Waals surface area contributed by atoms with Crippen LogP contribution in [0.4, 0.5) is 0 Å². The maximum atomic E-state index is 12.5. The molecular weight excluding hydrogens is 312 g/mol. The van der Waals surface area contributed by atoms with Crippen LogP contribution in [0.2, 0.25) is 5.02 Å². The number of amides is 1. The van der Waals surface area contributed by atoms with E-state index in [1.165, 1.54) is 11.1 Å². The molecule has 124 valence electrons. The van der Waals surface area contributed by atoms with Gasteiger partial charge in [0.15, 0.2) is 0 Å². The van der Waals surface area contributed by atoms with Gasteiger partial charge in [-0.3, -0.25) is 4.79 Å². The van der Waals surface area contributed by atoms with Gasteiger partial charge in [-0.2, -0.15) is 0 Å². The first-order chi connectivity index (χ1) is 11.1. The summed E-state index contributed by atoms with van der Waals surface area (Å²) >= 11 is 5.92. The van der Waals surface area contributed by atoms with Crippen molar-refractivity contribution in [3.63, 3.8) is 0 Å². The summed E-state index contributed by atoms with van der Waals surface area (Å²) in [4.78, 5) is 14.3. The van der Waals surface area contributed by atoms with E-state index < -0.39 is 5.60 Å². The van der Waals surface area contributed by atoms with Crippen molar-refractivity contribution in [2.45, 2.75) is 31.3 Å². The Kier molecular flexibility index (Phi) is 5.05.